The molecule has 1 saturated carbocycles. The van der Waals surface area contributed by atoms with Gasteiger partial charge in [0.25, 0.3) is 0 Å². The van der Waals surface area contributed by atoms with Crippen molar-refractivity contribution in [1.82, 2.24) is 15.5 Å². The van der Waals surface area contributed by atoms with Gasteiger partial charge in [0.15, 0.2) is 12.0 Å². The van der Waals surface area contributed by atoms with Gasteiger partial charge in [0.1, 0.15) is 0 Å². The molecule has 2 aliphatic rings. The van der Waals surface area contributed by atoms with E-state index in [9.17, 15) is 14.9 Å². The van der Waals surface area contributed by atoms with Gasteiger partial charge in [-0.25, -0.2) is 4.99 Å². The van der Waals surface area contributed by atoms with Crippen molar-refractivity contribution in [3.63, 3.8) is 0 Å². The summed E-state index contributed by atoms with van der Waals surface area (Å²) in [6, 6.07) is 17.6. The number of hydrogen-bond donors (Lipinski definition) is 3. The summed E-state index contributed by atoms with van der Waals surface area (Å²) in [5.74, 6) is 0.724. The Balaban J connectivity index is 1.44. The van der Waals surface area contributed by atoms with E-state index in [-0.39, 0.29) is 23.8 Å². The maximum atomic E-state index is 12.5. The van der Waals surface area contributed by atoms with Gasteiger partial charge in [-0.3, -0.25) is 19.8 Å². The third kappa shape index (κ3) is 7.15. The van der Waals surface area contributed by atoms with E-state index >= 15 is 0 Å². The number of amides is 1. The van der Waals surface area contributed by atoms with E-state index in [4.69, 9.17) is 4.99 Å². The van der Waals surface area contributed by atoms with E-state index < -0.39 is 0 Å². The van der Waals surface area contributed by atoms with E-state index in [0.717, 1.165) is 45.2 Å². The summed E-state index contributed by atoms with van der Waals surface area (Å²) in [6.45, 7) is 3.54. The zero-order valence-corrected chi connectivity index (χ0v) is 20.7. The number of anilines is 1. The Labute approximate surface area is 212 Å². The fourth-order valence-electron chi connectivity index (χ4n) is 5.22. The molecule has 4 rings (SSSR count). The van der Waals surface area contributed by atoms with Crippen LogP contribution in [0.3, 0.4) is 0 Å². The number of Topliss-reactive ketones (excluding diaryl/α,β-unsaturated/α-hetero) is 1. The SMILES string of the molecule is CC(=O)c1cccc(NC(=N[C@@H]2CCCC[C@H]2CN2CC(=O)N[C@@H](Cc3ccccc3)C2)NC#N)c1. The first-order chi connectivity index (χ1) is 17.5. The second-order valence-electron chi connectivity index (χ2n) is 9.74. The number of hydrogen-bond acceptors (Lipinski definition) is 5. The molecule has 3 N–H and O–H groups in total. The fraction of sp³-hybridized carbons (Fsp3) is 0.429. The van der Waals surface area contributed by atoms with Crippen LogP contribution < -0.4 is 16.0 Å². The summed E-state index contributed by atoms with van der Waals surface area (Å²) in [4.78, 5) is 31.4. The maximum Gasteiger partial charge on any atom is 0.234 e. The molecule has 2 aromatic rings. The van der Waals surface area contributed by atoms with Crippen LogP contribution >= 0.6 is 0 Å². The fourth-order valence-corrected chi connectivity index (χ4v) is 5.22. The Kier molecular flexibility index (Phi) is 8.69. The minimum Gasteiger partial charge on any atom is -0.351 e. The molecule has 0 spiro atoms. The first-order valence-corrected chi connectivity index (χ1v) is 12.7. The Bertz CT molecular complexity index is 1130. The molecular formula is C28H34N6O2. The van der Waals surface area contributed by atoms with E-state index in [1.54, 1.807) is 18.2 Å². The number of nitrogens with one attached hydrogen (secondary N) is 3. The van der Waals surface area contributed by atoms with Crippen molar-refractivity contribution in [1.29, 1.82) is 5.26 Å². The number of benzene rings is 2. The predicted molar refractivity (Wildman–Crippen MR) is 141 cm³/mol. The average molecular weight is 487 g/mol. The molecule has 0 unspecified atom stereocenters. The van der Waals surface area contributed by atoms with Crippen LogP contribution in [0.2, 0.25) is 0 Å². The third-order valence-electron chi connectivity index (χ3n) is 6.90. The van der Waals surface area contributed by atoms with Crippen molar-refractivity contribution in [2.24, 2.45) is 10.9 Å². The zero-order valence-electron chi connectivity index (χ0n) is 20.7. The predicted octanol–water partition coefficient (Wildman–Crippen LogP) is 3.33. The molecule has 3 atom stereocenters. The highest BCUT2D eigenvalue weighted by Crippen LogP contribution is 2.28. The number of ketones is 1. The Morgan fingerprint density at radius 1 is 1.17 bits per heavy atom. The van der Waals surface area contributed by atoms with Crippen LogP contribution in [0.25, 0.3) is 0 Å². The van der Waals surface area contributed by atoms with Crippen molar-refractivity contribution in [2.45, 2.75) is 51.1 Å². The molecule has 1 aliphatic carbocycles. The normalized spacial score (nSPS) is 22.8. The van der Waals surface area contributed by atoms with Crippen molar-refractivity contribution < 1.29 is 9.59 Å². The van der Waals surface area contributed by atoms with Crippen LogP contribution in [0.5, 0.6) is 0 Å². The molecule has 8 nitrogen and oxygen atoms in total. The highest BCUT2D eigenvalue weighted by molar-refractivity contribution is 5.98. The Morgan fingerprint density at radius 2 is 1.97 bits per heavy atom. The van der Waals surface area contributed by atoms with Gasteiger partial charge in [0, 0.05) is 30.4 Å². The average Bonchev–Trinajstić information content (AvgIpc) is 2.86. The number of carbonyl (C=O) groups excluding carboxylic acids is 2. The van der Waals surface area contributed by atoms with Gasteiger partial charge < -0.3 is 10.6 Å². The van der Waals surface area contributed by atoms with Gasteiger partial charge in [-0.2, -0.15) is 5.26 Å². The lowest BCUT2D eigenvalue weighted by Gasteiger charge is -2.38. The van der Waals surface area contributed by atoms with Crippen LogP contribution in [0.15, 0.2) is 59.6 Å². The van der Waals surface area contributed by atoms with Crippen LogP contribution in [0, 0.1) is 17.4 Å². The first-order valence-electron chi connectivity index (χ1n) is 12.7. The molecule has 2 aromatic carbocycles. The molecule has 8 heteroatoms. The molecule has 0 aromatic heterocycles. The van der Waals surface area contributed by atoms with Crippen molar-refractivity contribution >= 4 is 23.3 Å². The third-order valence-corrected chi connectivity index (χ3v) is 6.90. The van der Waals surface area contributed by atoms with Crippen molar-refractivity contribution in [3.8, 4) is 6.19 Å². The number of piperazine rings is 1. The van der Waals surface area contributed by atoms with Gasteiger partial charge in [0.05, 0.1) is 12.6 Å². The molecule has 1 amide bonds. The number of aliphatic imine (C=N–C) groups is 1. The summed E-state index contributed by atoms with van der Waals surface area (Å²) in [6.07, 6.45) is 6.98. The van der Waals surface area contributed by atoms with E-state index in [1.807, 2.05) is 30.5 Å². The summed E-state index contributed by atoms with van der Waals surface area (Å²) < 4.78 is 0. The van der Waals surface area contributed by atoms with Crippen LogP contribution in [0.4, 0.5) is 5.69 Å². The topological polar surface area (TPSA) is 110 Å². The van der Waals surface area contributed by atoms with Gasteiger partial charge in [-0.05, 0) is 49.8 Å². The zero-order chi connectivity index (χ0) is 25.3. The van der Waals surface area contributed by atoms with Crippen molar-refractivity contribution in [3.05, 3.63) is 65.7 Å². The molecule has 1 heterocycles. The maximum absolute atomic E-state index is 12.5. The number of carbonyl (C=O) groups is 2. The summed E-state index contributed by atoms with van der Waals surface area (Å²) in [5, 5.41) is 18.3. The van der Waals surface area contributed by atoms with Crippen molar-refractivity contribution in [2.75, 3.05) is 25.0 Å². The molecule has 0 bridgehead atoms. The monoisotopic (exact) mass is 486 g/mol. The van der Waals surface area contributed by atoms with E-state index in [2.05, 4.69) is 33.0 Å². The Hall–Kier alpha value is -3.70. The van der Waals surface area contributed by atoms with Crippen LogP contribution in [-0.4, -0.2) is 54.3 Å². The number of nitrogens with zero attached hydrogens (tertiary/aromatic N) is 3. The standard InChI is InChI=1S/C28H34N6O2/c1-20(35)22-11-7-12-24(15-22)32-28(30-19-29)33-26-13-6-5-10-23(26)16-34-17-25(31-27(36)18-34)14-21-8-3-2-4-9-21/h2-4,7-9,11-12,15,23,25-26H,5-6,10,13-14,16-18H2,1H3,(H,31,36)(H2,30,32,33)/t23-,25-,26+/m0/s1. The highest BCUT2D eigenvalue weighted by Gasteiger charge is 2.31. The van der Waals surface area contributed by atoms with Gasteiger partial charge >= 0.3 is 0 Å². The summed E-state index contributed by atoms with van der Waals surface area (Å²) in [5.41, 5.74) is 2.52. The second kappa shape index (κ2) is 12.3. The molecule has 0 radical (unpaired) electrons. The quantitative estimate of drug-likeness (QED) is 0.182. The van der Waals surface area contributed by atoms with E-state index in [0.29, 0.717) is 29.7 Å². The largest absolute Gasteiger partial charge is 0.351 e. The molecule has 2 fully saturated rings. The lowest BCUT2D eigenvalue weighted by atomic mass is 9.84. The van der Waals surface area contributed by atoms with E-state index in [1.165, 1.54) is 12.5 Å². The van der Waals surface area contributed by atoms with Gasteiger partial charge in [-0.1, -0.05) is 55.3 Å². The highest BCUT2D eigenvalue weighted by atomic mass is 16.2. The first kappa shape index (κ1) is 25.4. The molecule has 1 saturated heterocycles. The summed E-state index contributed by atoms with van der Waals surface area (Å²) >= 11 is 0. The summed E-state index contributed by atoms with van der Waals surface area (Å²) in [7, 11) is 0. The lowest BCUT2D eigenvalue weighted by Crippen LogP contribution is -2.56. The van der Waals surface area contributed by atoms with Crippen LogP contribution in [0.1, 0.15) is 48.5 Å². The molecule has 36 heavy (non-hydrogen) atoms. The number of nitriles is 1. The minimum absolute atomic E-state index is 0.0196. The van der Waals surface area contributed by atoms with Gasteiger partial charge in [0.2, 0.25) is 11.9 Å². The smallest absolute Gasteiger partial charge is 0.234 e. The number of rotatable bonds is 7. The number of guanidine groups is 1. The molecule has 1 aliphatic heterocycles. The van der Waals surface area contributed by atoms with Crippen LogP contribution in [-0.2, 0) is 11.2 Å². The van der Waals surface area contributed by atoms with Gasteiger partial charge in [-0.15, -0.1) is 0 Å². The Morgan fingerprint density at radius 3 is 2.75 bits per heavy atom. The lowest BCUT2D eigenvalue weighted by molar-refractivity contribution is -0.125. The molecule has 188 valence electrons. The molecular weight excluding hydrogens is 452 g/mol. The minimum atomic E-state index is -0.0196. The second-order valence-corrected chi connectivity index (χ2v) is 9.74.